The number of nitrogens with zero attached hydrogens (tertiary/aromatic N) is 3. The maximum Gasteiger partial charge on any atom is 0.163 e. The first-order valence-corrected chi connectivity index (χ1v) is 11.2. The van der Waals surface area contributed by atoms with Crippen LogP contribution in [0.15, 0.2) is 23.2 Å². The summed E-state index contributed by atoms with van der Waals surface area (Å²) < 4.78 is 16.9. The van der Waals surface area contributed by atoms with Crippen LogP contribution in [0.25, 0.3) is 0 Å². The van der Waals surface area contributed by atoms with Gasteiger partial charge in [0.25, 0.3) is 0 Å². The van der Waals surface area contributed by atoms with Crippen LogP contribution in [0.3, 0.4) is 0 Å². The van der Waals surface area contributed by atoms with Gasteiger partial charge in [0.15, 0.2) is 11.5 Å². The maximum absolute atomic E-state index is 9.67. The molecule has 6 nitrogen and oxygen atoms in total. The molecule has 30 heavy (non-hydrogen) atoms. The van der Waals surface area contributed by atoms with Crippen molar-refractivity contribution in [2.24, 2.45) is 10.9 Å². The monoisotopic (exact) mass is 425 g/mol. The summed E-state index contributed by atoms with van der Waals surface area (Å²) in [6.45, 7) is 5.96. The number of hydrogen-bond donors (Lipinski definition) is 0. The molecule has 1 atom stereocenters. The summed E-state index contributed by atoms with van der Waals surface area (Å²) in [5.41, 5.74) is 2.86. The highest BCUT2D eigenvalue weighted by Crippen LogP contribution is 2.40. The van der Waals surface area contributed by atoms with E-state index in [-0.39, 0.29) is 0 Å². The second-order valence-corrected chi connectivity index (χ2v) is 8.90. The van der Waals surface area contributed by atoms with Crippen LogP contribution in [0.2, 0.25) is 0 Å². The number of fused-ring (bicyclic) bond motifs is 1. The van der Waals surface area contributed by atoms with E-state index in [0.29, 0.717) is 24.1 Å². The van der Waals surface area contributed by atoms with Crippen LogP contribution < -0.4 is 9.47 Å². The molecule has 4 rings (SSSR count). The Morgan fingerprint density at radius 3 is 2.93 bits per heavy atom. The maximum atomic E-state index is 9.67. The second kappa shape index (κ2) is 9.61. The molecule has 1 fully saturated rings. The highest BCUT2D eigenvalue weighted by molar-refractivity contribution is 7.16. The number of ether oxygens (including phenoxy) is 3. The predicted octanol–water partition coefficient (Wildman–Crippen LogP) is 4.17. The van der Waals surface area contributed by atoms with Crippen LogP contribution in [0.1, 0.15) is 34.9 Å². The Morgan fingerprint density at radius 1 is 1.33 bits per heavy atom. The van der Waals surface area contributed by atoms with E-state index in [4.69, 9.17) is 14.2 Å². The lowest BCUT2D eigenvalue weighted by Crippen LogP contribution is -2.38. The molecule has 2 aromatic rings. The van der Waals surface area contributed by atoms with Gasteiger partial charge < -0.3 is 14.2 Å². The summed E-state index contributed by atoms with van der Waals surface area (Å²) in [5, 5.41) is 10.5. The van der Waals surface area contributed by atoms with E-state index in [9.17, 15) is 5.26 Å². The van der Waals surface area contributed by atoms with Gasteiger partial charge >= 0.3 is 0 Å². The smallest absolute Gasteiger partial charge is 0.163 e. The van der Waals surface area contributed by atoms with Crippen molar-refractivity contribution in [1.82, 2.24) is 4.90 Å². The number of thiophene rings is 1. The normalized spacial score (nSPS) is 19.4. The van der Waals surface area contributed by atoms with Crippen molar-refractivity contribution in [3.63, 3.8) is 0 Å². The minimum Gasteiger partial charge on any atom is -0.493 e. The minimum absolute atomic E-state index is 0.495. The van der Waals surface area contributed by atoms with Crippen LogP contribution in [0.4, 0.5) is 5.00 Å². The van der Waals surface area contributed by atoms with Gasteiger partial charge in [0.05, 0.1) is 25.9 Å². The molecule has 1 unspecified atom stereocenters. The first-order valence-electron chi connectivity index (χ1n) is 10.4. The molecule has 0 bridgehead atoms. The summed E-state index contributed by atoms with van der Waals surface area (Å²) in [6, 6.07) is 8.15. The van der Waals surface area contributed by atoms with Crippen molar-refractivity contribution in [2.75, 3.05) is 40.1 Å². The molecular weight excluding hydrogens is 398 g/mol. The summed E-state index contributed by atoms with van der Waals surface area (Å²) in [7, 11) is 1.64. The molecular formula is C23H27N3O3S. The fourth-order valence-electron chi connectivity index (χ4n) is 3.85. The van der Waals surface area contributed by atoms with E-state index in [1.807, 2.05) is 24.4 Å². The average Bonchev–Trinajstić information content (AvgIpc) is 3.13. The SMILES string of the molecule is COc1ccc(/C=N/c2sc3c(c2C#N)CCC(C)C3)cc1OCN1CCOCC1. The summed E-state index contributed by atoms with van der Waals surface area (Å²) in [4.78, 5) is 8.20. The zero-order chi connectivity index (χ0) is 20.9. The summed E-state index contributed by atoms with van der Waals surface area (Å²) in [6.07, 6.45) is 4.98. The van der Waals surface area contributed by atoms with Crippen LogP contribution in [-0.4, -0.2) is 51.3 Å². The number of benzene rings is 1. The van der Waals surface area contributed by atoms with E-state index in [2.05, 4.69) is 22.9 Å². The largest absolute Gasteiger partial charge is 0.493 e. The van der Waals surface area contributed by atoms with E-state index in [1.54, 1.807) is 18.4 Å². The minimum atomic E-state index is 0.495. The molecule has 0 amide bonds. The fraction of sp³-hybridized carbons (Fsp3) is 0.478. The Labute approximate surface area is 181 Å². The number of aliphatic imine (C=N–C) groups is 1. The number of hydrogen-bond acceptors (Lipinski definition) is 7. The van der Waals surface area contributed by atoms with Gasteiger partial charge in [-0.2, -0.15) is 5.26 Å². The fourth-order valence-corrected chi connectivity index (χ4v) is 5.16. The van der Waals surface area contributed by atoms with Crippen molar-refractivity contribution >= 4 is 22.6 Å². The molecule has 158 valence electrons. The first-order chi connectivity index (χ1) is 14.7. The predicted molar refractivity (Wildman–Crippen MR) is 118 cm³/mol. The molecule has 0 spiro atoms. The second-order valence-electron chi connectivity index (χ2n) is 7.82. The lowest BCUT2D eigenvalue weighted by Gasteiger charge is -2.26. The van der Waals surface area contributed by atoms with Crippen LogP contribution in [-0.2, 0) is 17.6 Å². The standard InChI is InChI=1S/C23H27N3O3S/c1-16-3-5-18-19(13-24)23(30-22(18)11-16)25-14-17-4-6-20(27-2)21(12-17)29-15-26-7-9-28-10-8-26/h4,6,12,14,16H,3,5,7-11,15H2,1-2H3/b25-14+. The van der Waals surface area contributed by atoms with Crippen molar-refractivity contribution in [2.45, 2.75) is 26.2 Å². The van der Waals surface area contributed by atoms with Gasteiger partial charge in [-0.25, -0.2) is 4.99 Å². The molecule has 1 aliphatic heterocycles. The van der Waals surface area contributed by atoms with E-state index in [0.717, 1.165) is 61.7 Å². The molecule has 1 saturated heterocycles. The summed E-state index contributed by atoms with van der Waals surface area (Å²) >= 11 is 1.66. The molecule has 0 radical (unpaired) electrons. The third-order valence-corrected chi connectivity index (χ3v) is 6.79. The zero-order valence-corrected chi connectivity index (χ0v) is 18.3. The highest BCUT2D eigenvalue weighted by Gasteiger charge is 2.23. The van der Waals surface area contributed by atoms with Crippen LogP contribution >= 0.6 is 11.3 Å². The third kappa shape index (κ3) is 4.67. The van der Waals surface area contributed by atoms with Crippen molar-refractivity contribution < 1.29 is 14.2 Å². The van der Waals surface area contributed by atoms with Gasteiger partial charge in [0, 0.05) is 24.2 Å². The Bertz CT molecular complexity index is 957. The van der Waals surface area contributed by atoms with Crippen molar-refractivity contribution in [1.29, 1.82) is 5.26 Å². The zero-order valence-electron chi connectivity index (χ0n) is 17.5. The molecule has 7 heteroatoms. The molecule has 2 heterocycles. The quantitative estimate of drug-likeness (QED) is 0.650. The Hall–Kier alpha value is -2.40. The molecule has 1 aromatic carbocycles. The number of nitriles is 1. The molecule has 0 saturated carbocycles. The molecule has 2 aliphatic rings. The number of rotatable bonds is 6. The number of methoxy groups -OCH3 is 1. The van der Waals surface area contributed by atoms with Crippen molar-refractivity contribution in [3.05, 3.63) is 39.8 Å². The van der Waals surface area contributed by atoms with Gasteiger partial charge in [-0.1, -0.05) is 6.92 Å². The topological polar surface area (TPSA) is 67.1 Å². The first kappa shape index (κ1) is 20.9. The average molecular weight is 426 g/mol. The summed E-state index contributed by atoms with van der Waals surface area (Å²) in [5.74, 6) is 2.05. The highest BCUT2D eigenvalue weighted by atomic mass is 32.1. The number of morpholine rings is 1. The van der Waals surface area contributed by atoms with Gasteiger partial charge in [-0.15, -0.1) is 11.3 Å². The van der Waals surface area contributed by atoms with Crippen molar-refractivity contribution in [3.8, 4) is 17.6 Å². The molecule has 1 aromatic heterocycles. The lowest BCUT2D eigenvalue weighted by atomic mass is 9.89. The van der Waals surface area contributed by atoms with Crippen LogP contribution in [0, 0.1) is 17.2 Å². The van der Waals surface area contributed by atoms with E-state index in [1.165, 1.54) is 10.4 Å². The Kier molecular flexibility index (Phi) is 6.68. The molecule has 1 aliphatic carbocycles. The van der Waals surface area contributed by atoms with Gasteiger partial charge in [-0.3, -0.25) is 4.90 Å². The van der Waals surface area contributed by atoms with E-state index >= 15 is 0 Å². The Morgan fingerprint density at radius 2 is 2.17 bits per heavy atom. The third-order valence-electron chi connectivity index (χ3n) is 5.63. The van der Waals surface area contributed by atoms with Crippen LogP contribution in [0.5, 0.6) is 11.5 Å². The van der Waals surface area contributed by atoms with Gasteiger partial charge in [-0.05, 0) is 54.5 Å². The van der Waals surface area contributed by atoms with Gasteiger partial charge in [0.2, 0.25) is 0 Å². The van der Waals surface area contributed by atoms with Gasteiger partial charge in [0.1, 0.15) is 17.8 Å². The lowest BCUT2D eigenvalue weighted by molar-refractivity contribution is 0.00354. The molecule has 0 N–H and O–H groups in total. The Balaban J connectivity index is 1.52. The van der Waals surface area contributed by atoms with E-state index < -0.39 is 0 Å².